The summed E-state index contributed by atoms with van der Waals surface area (Å²) < 4.78 is 16.2. The molecule has 6 heterocycles. The van der Waals surface area contributed by atoms with E-state index in [2.05, 4.69) is 32.7 Å². The number of likely N-dealkylation sites (tertiary alicyclic amines) is 2. The lowest BCUT2D eigenvalue weighted by Gasteiger charge is -2.36. The van der Waals surface area contributed by atoms with Crippen LogP contribution in [0.25, 0.3) is 33.6 Å². The third-order valence-electron chi connectivity index (χ3n) is 12.6. The summed E-state index contributed by atoms with van der Waals surface area (Å²) in [5.41, 5.74) is 5.30. The van der Waals surface area contributed by atoms with Crippen LogP contribution in [-0.4, -0.2) is 112 Å². The van der Waals surface area contributed by atoms with Gasteiger partial charge in [-0.1, -0.05) is 60.1 Å². The summed E-state index contributed by atoms with van der Waals surface area (Å²) in [6, 6.07) is 14.3. The fourth-order valence-corrected chi connectivity index (χ4v) is 9.67. The number of aromatic amines is 2. The molecule has 0 bridgehead atoms. The molecule has 4 fully saturated rings. The zero-order chi connectivity index (χ0) is 41.8. The maximum atomic E-state index is 14.2. The predicted octanol–water partition coefficient (Wildman–Crippen LogP) is 6.20. The maximum absolute atomic E-state index is 14.2. The Bertz CT molecular complexity index is 2130. The molecule has 0 spiro atoms. The summed E-state index contributed by atoms with van der Waals surface area (Å²) in [4.78, 5) is 71.8. The van der Waals surface area contributed by atoms with Gasteiger partial charge in [-0.3, -0.25) is 14.4 Å². The van der Waals surface area contributed by atoms with E-state index in [0.717, 1.165) is 78.7 Å². The molecular formula is C44H53ClN8O7. The highest BCUT2D eigenvalue weighted by atomic mass is 35.5. The van der Waals surface area contributed by atoms with Crippen molar-refractivity contribution in [3.8, 4) is 33.6 Å². The van der Waals surface area contributed by atoms with Gasteiger partial charge in [-0.25, -0.2) is 14.8 Å². The molecule has 4 amide bonds. The number of ether oxygens (including phenoxy) is 3. The first-order chi connectivity index (χ1) is 29.2. The summed E-state index contributed by atoms with van der Waals surface area (Å²) in [5, 5.41) is 5.96. The number of hydrogen-bond donors (Lipinski definition) is 4. The van der Waals surface area contributed by atoms with Crippen molar-refractivity contribution in [2.45, 2.75) is 88.5 Å². The summed E-state index contributed by atoms with van der Waals surface area (Å²) >= 11 is 6.79. The van der Waals surface area contributed by atoms with Gasteiger partial charge in [-0.15, -0.1) is 0 Å². The third-order valence-corrected chi connectivity index (χ3v) is 12.9. The SMILES string of the molecule is COC(=O)NC(C(=O)N1C(c2nc(-c3ccc(-c4ccc(-c5cnc(C6CCCN6C(=O)C(NC=O)C6CCCOC6)[nH]5)cc4)cc3)c(Cl)[nH]2)CC[C@H]1C)C1CCCOC1. The predicted molar refractivity (Wildman–Crippen MR) is 223 cm³/mol. The third kappa shape index (κ3) is 8.66. The zero-order valence-electron chi connectivity index (χ0n) is 34.0. The van der Waals surface area contributed by atoms with Crippen molar-refractivity contribution < 1.29 is 33.4 Å². The first-order valence-electron chi connectivity index (χ1n) is 21.1. The summed E-state index contributed by atoms with van der Waals surface area (Å²) in [6.45, 7) is 4.80. The van der Waals surface area contributed by atoms with E-state index >= 15 is 0 Å². The number of methoxy groups -OCH3 is 1. The number of H-pyrrole nitrogens is 2. The molecule has 0 aliphatic carbocycles. The summed E-state index contributed by atoms with van der Waals surface area (Å²) in [7, 11) is 1.29. The first kappa shape index (κ1) is 41.5. The Morgan fingerprint density at radius 3 is 2.10 bits per heavy atom. The van der Waals surface area contributed by atoms with Crippen molar-refractivity contribution in [2.75, 3.05) is 40.1 Å². The van der Waals surface area contributed by atoms with Crippen LogP contribution in [0.2, 0.25) is 5.15 Å². The second kappa shape index (κ2) is 18.6. The molecule has 2 aromatic heterocycles. The minimum atomic E-state index is -0.780. The number of imidazole rings is 2. The highest BCUT2D eigenvalue weighted by Crippen LogP contribution is 2.39. The molecule has 15 nitrogen and oxygen atoms in total. The van der Waals surface area contributed by atoms with Gasteiger partial charge in [0, 0.05) is 43.2 Å². The average molecular weight is 841 g/mol. The molecule has 4 saturated heterocycles. The molecule has 4 aliphatic rings. The average Bonchev–Trinajstić information content (AvgIpc) is 4.12. The number of aromatic nitrogens is 4. The monoisotopic (exact) mass is 840 g/mol. The molecule has 16 heteroatoms. The van der Waals surface area contributed by atoms with E-state index in [-0.39, 0.29) is 41.8 Å². The highest BCUT2D eigenvalue weighted by Gasteiger charge is 2.44. The number of nitrogens with one attached hydrogen (secondary N) is 4. The van der Waals surface area contributed by atoms with E-state index in [0.29, 0.717) is 62.5 Å². The van der Waals surface area contributed by atoms with Gasteiger partial charge in [0.05, 0.1) is 44.3 Å². The van der Waals surface area contributed by atoms with Crippen LogP contribution in [0.1, 0.15) is 82.0 Å². The van der Waals surface area contributed by atoms with E-state index in [4.69, 9.17) is 35.8 Å². The highest BCUT2D eigenvalue weighted by molar-refractivity contribution is 6.31. The second-order valence-corrected chi connectivity index (χ2v) is 16.7. The Kier molecular flexibility index (Phi) is 12.8. The molecule has 8 rings (SSSR count). The summed E-state index contributed by atoms with van der Waals surface area (Å²) in [6.07, 6.45) is 8.19. The quantitative estimate of drug-likeness (QED) is 0.121. The number of carbonyl (C=O) groups excluding carboxylic acids is 4. The second-order valence-electron chi connectivity index (χ2n) is 16.3. The molecule has 4 N–H and O–H groups in total. The Morgan fingerprint density at radius 1 is 0.817 bits per heavy atom. The minimum Gasteiger partial charge on any atom is -0.453 e. The minimum absolute atomic E-state index is 0.0493. The van der Waals surface area contributed by atoms with Crippen LogP contribution in [0.15, 0.2) is 54.7 Å². The molecule has 60 heavy (non-hydrogen) atoms. The van der Waals surface area contributed by atoms with Gasteiger partial charge in [-0.05, 0) is 75.0 Å². The van der Waals surface area contributed by atoms with E-state index in [1.54, 1.807) is 0 Å². The van der Waals surface area contributed by atoms with Gasteiger partial charge < -0.3 is 44.6 Å². The van der Waals surface area contributed by atoms with E-state index in [1.165, 1.54) is 7.11 Å². The van der Waals surface area contributed by atoms with E-state index in [9.17, 15) is 19.2 Å². The molecule has 4 aromatic rings. The number of benzene rings is 2. The Balaban J connectivity index is 0.938. The van der Waals surface area contributed by atoms with Crippen molar-refractivity contribution in [2.24, 2.45) is 11.8 Å². The normalized spacial score (nSPS) is 24.1. The smallest absolute Gasteiger partial charge is 0.407 e. The lowest BCUT2D eigenvalue weighted by Crippen LogP contribution is -2.55. The van der Waals surface area contributed by atoms with Gasteiger partial charge in [-0.2, -0.15) is 0 Å². The van der Waals surface area contributed by atoms with Crippen molar-refractivity contribution in [3.05, 3.63) is 71.5 Å². The molecule has 0 radical (unpaired) electrons. The van der Waals surface area contributed by atoms with Crippen molar-refractivity contribution in [1.29, 1.82) is 0 Å². The van der Waals surface area contributed by atoms with Crippen LogP contribution < -0.4 is 10.6 Å². The molecule has 0 saturated carbocycles. The van der Waals surface area contributed by atoms with E-state index in [1.807, 2.05) is 59.3 Å². The van der Waals surface area contributed by atoms with Gasteiger partial charge in [0.2, 0.25) is 18.2 Å². The van der Waals surface area contributed by atoms with Gasteiger partial charge in [0.25, 0.3) is 0 Å². The fourth-order valence-electron chi connectivity index (χ4n) is 9.42. The lowest BCUT2D eigenvalue weighted by molar-refractivity contribution is -0.139. The molecule has 6 unspecified atom stereocenters. The summed E-state index contributed by atoms with van der Waals surface area (Å²) in [5.74, 6) is 0.856. The Labute approximate surface area is 354 Å². The van der Waals surface area contributed by atoms with Crippen molar-refractivity contribution in [3.63, 3.8) is 0 Å². The van der Waals surface area contributed by atoms with Crippen LogP contribution in [0.4, 0.5) is 4.79 Å². The van der Waals surface area contributed by atoms with Crippen LogP contribution in [0, 0.1) is 11.8 Å². The maximum Gasteiger partial charge on any atom is 0.407 e. The van der Waals surface area contributed by atoms with Gasteiger partial charge in [0.15, 0.2) is 0 Å². The van der Waals surface area contributed by atoms with Gasteiger partial charge >= 0.3 is 6.09 Å². The number of alkyl carbamates (subject to hydrolysis) is 1. The van der Waals surface area contributed by atoms with Crippen LogP contribution >= 0.6 is 11.6 Å². The number of rotatable bonds is 12. The molecule has 7 atom stereocenters. The van der Waals surface area contributed by atoms with Crippen molar-refractivity contribution >= 4 is 35.9 Å². The van der Waals surface area contributed by atoms with Crippen LogP contribution in [0.3, 0.4) is 0 Å². The van der Waals surface area contributed by atoms with Crippen molar-refractivity contribution in [1.82, 2.24) is 40.4 Å². The lowest BCUT2D eigenvalue weighted by atomic mass is 9.92. The van der Waals surface area contributed by atoms with Gasteiger partial charge in [0.1, 0.15) is 34.6 Å². The fraction of sp³-hybridized carbons (Fsp3) is 0.500. The first-order valence-corrected chi connectivity index (χ1v) is 21.5. The number of hydrogen-bond acceptors (Lipinski definition) is 9. The topological polar surface area (TPSA) is 184 Å². The number of nitrogens with zero attached hydrogens (tertiary/aromatic N) is 4. The molecule has 318 valence electrons. The van der Waals surface area contributed by atoms with Crippen LogP contribution in [-0.2, 0) is 28.6 Å². The molecular weight excluding hydrogens is 788 g/mol. The number of carbonyl (C=O) groups is 4. The standard InChI is InChI=1S/C44H53ClN8O7/c1-26-9-18-35(53(26)43(56)38(50-44(57)58-2)32-7-5-21-60-24-32)41-49-36(39(45)51-41)30-16-12-28(13-17-30)27-10-14-29(15-11-27)33-22-46-40(48-33)34-8-3-19-52(34)42(55)37(47-25-54)31-6-4-20-59-23-31/h10-17,22,25-26,31-32,34-35,37-38H,3-9,18-21,23-24H2,1-2H3,(H,46,48)(H,47,54)(H,49,51)(H,50,57)/t26-,31?,32?,34?,35?,37?,38?/m1/s1. The number of amides is 4. The van der Waals surface area contributed by atoms with Crippen LogP contribution in [0.5, 0.6) is 0 Å². The molecule has 4 aliphatic heterocycles. The number of halogens is 1. The van der Waals surface area contributed by atoms with E-state index < -0.39 is 18.2 Å². The largest absolute Gasteiger partial charge is 0.453 e. The molecule has 2 aromatic carbocycles. The Morgan fingerprint density at radius 2 is 1.47 bits per heavy atom. The zero-order valence-corrected chi connectivity index (χ0v) is 34.8. The Hall–Kier alpha value is -5.25.